The molecule has 0 bridgehead atoms. The minimum Gasteiger partial charge on any atom is -0.396 e. The summed E-state index contributed by atoms with van der Waals surface area (Å²) in [6, 6.07) is 2.10. The van der Waals surface area contributed by atoms with Crippen LogP contribution in [0.4, 0.5) is 10.1 Å². The van der Waals surface area contributed by atoms with Crippen LogP contribution in [0.1, 0.15) is 20.3 Å². The van der Waals surface area contributed by atoms with Gasteiger partial charge in [-0.15, -0.1) is 0 Å². The molecule has 1 rings (SSSR count). The molecule has 0 aromatic heterocycles. The number of hydrogen-bond donors (Lipinski definition) is 3. The third-order valence-electron chi connectivity index (χ3n) is 2.83. The van der Waals surface area contributed by atoms with E-state index in [1.165, 1.54) is 6.92 Å². The van der Waals surface area contributed by atoms with Crippen LogP contribution < -0.4 is 10.5 Å². The van der Waals surface area contributed by atoms with Gasteiger partial charge in [0.05, 0.1) is 17.8 Å². The molecule has 1 aromatic carbocycles. The summed E-state index contributed by atoms with van der Waals surface area (Å²) in [4.78, 5) is -0.634. The summed E-state index contributed by atoms with van der Waals surface area (Å²) in [5.74, 6) is -1.06. The molecule has 4 N–H and O–H groups in total. The van der Waals surface area contributed by atoms with Crippen molar-refractivity contribution in [2.24, 2.45) is 0 Å². The smallest absolute Gasteiger partial charge is 0.244 e. The zero-order chi connectivity index (χ0) is 14.8. The van der Waals surface area contributed by atoms with E-state index in [4.69, 9.17) is 17.3 Å². The van der Waals surface area contributed by atoms with E-state index in [-0.39, 0.29) is 10.7 Å². The Labute approximate surface area is 116 Å². The van der Waals surface area contributed by atoms with Crippen LogP contribution in [-0.2, 0) is 10.0 Å². The van der Waals surface area contributed by atoms with Gasteiger partial charge in [0, 0.05) is 5.02 Å². The Morgan fingerprint density at radius 2 is 2.11 bits per heavy atom. The Bertz CT molecular complexity index is 574. The number of aliphatic hydroxyl groups excluding tert-OH is 1. The van der Waals surface area contributed by atoms with Crippen molar-refractivity contribution in [1.29, 1.82) is 0 Å². The van der Waals surface area contributed by atoms with Crippen LogP contribution in [0.3, 0.4) is 0 Å². The quantitative estimate of drug-likeness (QED) is 0.719. The third-order valence-corrected chi connectivity index (χ3v) is 4.69. The normalized spacial score (nSPS) is 15.2. The molecule has 5 nitrogen and oxygen atoms in total. The van der Waals surface area contributed by atoms with Gasteiger partial charge in [0.15, 0.2) is 5.82 Å². The van der Waals surface area contributed by atoms with Crippen LogP contribution in [-0.4, -0.2) is 25.7 Å². The first-order valence-electron chi connectivity index (χ1n) is 5.54. The number of benzene rings is 1. The van der Waals surface area contributed by atoms with Crippen molar-refractivity contribution in [3.8, 4) is 0 Å². The molecule has 0 aliphatic carbocycles. The topological polar surface area (TPSA) is 92.4 Å². The van der Waals surface area contributed by atoms with Crippen molar-refractivity contribution >= 4 is 27.3 Å². The molecule has 0 aliphatic heterocycles. The van der Waals surface area contributed by atoms with E-state index in [0.29, 0.717) is 6.42 Å². The van der Waals surface area contributed by atoms with E-state index < -0.39 is 32.9 Å². The van der Waals surface area contributed by atoms with E-state index in [1.54, 1.807) is 6.92 Å². The highest BCUT2D eigenvalue weighted by Gasteiger charge is 2.31. The van der Waals surface area contributed by atoms with Gasteiger partial charge in [-0.25, -0.2) is 17.5 Å². The number of halogens is 2. The number of aliphatic hydroxyl groups is 1. The minimum atomic E-state index is -4.17. The maximum absolute atomic E-state index is 13.8. The van der Waals surface area contributed by atoms with Gasteiger partial charge in [-0.1, -0.05) is 18.5 Å². The molecule has 0 saturated heterocycles. The maximum atomic E-state index is 13.8. The molecule has 108 valence electrons. The molecule has 0 spiro atoms. The number of anilines is 1. The van der Waals surface area contributed by atoms with Crippen LogP contribution in [0, 0.1) is 5.82 Å². The summed E-state index contributed by atoms with van der Waals surface area (Å²) in [7, 11) is -4.17. The molecule has 0 heterocycles. The van der Waals surface area contributed by atoms with E-state index in [1.807, 2.05) is 0 Å². The fourth-order valence-electron chi connectivity index (χ4n) is 1.38. The van der Waals surface area contributed by atoms with Crippen molar-refractivity contribution in [3.63, 3.8) is 0 Å². The van der Waals surface area contributed by atoms with Crippen LogP contribution in [0.5, 0.6) is 0 Å². The van der Waals surface area contributed by atoms with E-state index in [0.717, 1.165) is 12.1 Å². The van der Waals surface area contributed by atoms with Crippen molar-refractivity contribution in [2.45, 2.75) is 30.7 Å². The van der Waals surface area contributed by atoms with Crippen molar-refractivity contribution in [2.75, 3.05) is 12.3 Å². The van der Waals surface area contributed by atoms with Gasteiger partial charge < -0.3 is 10.8 Å². The average Bonchev–Trinajstić information content (AvgIpc) is 2.32. The summed E-state index contributed by atoms with van der Waals surface area (Å²) in [5.41, 5.74) is 3.91. The molecule has 0 radical (unpaired) electrons. The first-order valence-corrected chi connectivity index (χ1v) is 7.40. The predicted molar refractivity (Wildman–Crippen MR) is 71.9 cm³/mol. The lowest BCUT2D eigenvalue weighted by molar-refractivity contribution is 0.191. The summed E-state index contributed by atoms with van der Waals surface area (Å²) in [5, 5.41) is 9.22. The lowest BCUT2D eigenvalue weighted by Gasteiger charge is -2.27. The van der Waals surface area contributed by atoms with Crippen LogP contribution in [0.15, 0.2) is 17.0 Å². The molecule has 0 saturated carbocycles. The number of sulfonamides is 1. The molecule has 1 aromatic rings. The minimum absolute atomic E-state index is 0.0153. The molecule has 19 heavy (non-hydrogen) atoms. The molecule has 1 unspecified atom stereocenters. The second-order valence-corrected chi connectivity index (χ2v) is 6.57. The Kier molecular flexibility index (Phi) is 4.78. The zero-order valence-corrected chi connectivity index (χ0v) is 12.1. The van der Waals surface area contributed by atoms with Crippen molar-refractivity contribution in [3.05, 3.63) is 23.0 Å². The number of hydrogen-bond acceptors (Lipinski definition) is 4. The van der Waals surface area contributed by atoms with Gasteiger partial charge in [-0.2, -0.15) is 0 Å². The van der Waals surface area contributed by atoms with Crippen molar-refractivity contribution in [1.82, 2.24) is 4.72 Å². The maximum Gasteiger partial charge on any atom is 0.244 e. The Morgan fingerprint density at radius 3 is 2.58 bits per heavy atom. The second kappa shape index (κ2) is 5.62. The Balaban J connectivity index is 3.29. The standard InChI is InChI=1S/C11H16ClFN2O3S/c1-3-11(2,6-16)15-19(17,18)9-5-7(12)4-8(14)10(9)13/h4-5,15-16H,3,6,14H2,1-2H3. The molecular formula is C11H16ClFN2O3S. The highest BCUT2D eigenvalue weighted by Crippen LogP contribution is 2.26. The summed E-state index contributed by atoms with van der Waals surface area (Å²) < 4.78 is 40.3. The Morgan fingerprint density at radius 1 is 1.53 bits per heavy atom. The summed E-state index contributed by atoms with van der Waals surface area (Å²) in [6.45, 7) is 2.79. The largest absolute Gasteiger partial charge is 0.396 e. The predicted octanol–water partition coefficient (Wildman–Crippen LogP) is 1.50. The van der Waals surface area contributed by atoms with Gasteiger partial charge in [0.2, 0.25) is 10.0 Å². The molecule has 1 atom stereocenters. The first kappa shape index (κ1) is 16.2. The van der Waals surface area contributed by atoms with Crippen molar-refractivity contribution < 1.29 is 17.9 Å². The van der Waals surface area contributed by atoms with Gasteiger partial charge in [0.25, 0.3) is 0 Å². The van der Waals surface area contributed by atoms with Gasteiger partial charge in [-0.05, 0) is 25.5 Å². The first-order chi connectivity index (χ1) is 8.65. The molecule has 0 amide bonds. The van der Waals surface area contributed by atoms with Gasteiger partial charge >= 0.3 is 0 Å². The Hall–Kier alpha value is -0.890. The number of nitrogen functional groups attached to an aromatic ring is 1. The van der Waals surface area contributed by atoms with Gasteiger partial charge in [-0.3, -0.25) is 0 Å². The third kappa shape index (κ3) is 3.56. The van der Waals surface area contributed by atoms with E-state index in [9.17, 15) is 17.9 Å². The SMILES string of the molecule is CCC(C)(CO)NS(=O)(=O)c1cc(Cl)cc(N)c1F. The zero-order valence-electron chi connectivity index (χ0n) is 10.6. The van der Waals surface area contributed by atoms with Crippen LogP contribution >= 0.6 is 11.6 Å². The van der Waals surface area contributed by atoms with E-state index in [2.05, 4.69) is 4.72 Å². The summed E-state index contributed by atoms with van der Waals surface area (Å²) in [6.07, 6.45) is 0.334. The molecule has 0 aliphatic rings. The number of nitrogens with two attached hydrogens (primary N) is 1. The van der Waals surface area contributed by atoms with Crippen LogP contribution in [0.2, 0.25) is 5.02 Å². The highest BCUT2D eigenvalue weighted by molar-refractivity contribution is 7.89. The average molecular weight is 311 g/mol. The lowest BCUT2D eigenvalue weighted by atomic mass is 10.0. The molecular weight excluding hydrogens is 295 g/mol. The number of nitrogens with one attached hydrogen (secondary N) is 1. The fraction of sp³-hybridized carbons (Fsp3) is 0.455. The molecule has 8 heteroatoms. The lowest BCUT2D eigenvalue weighted by Crippen LogP contribution is -2.48. The molecule has 0 fully saturated rings. The summed E-state index contributed by atoms with van der Waals surface area (Å²) >= 11 is 5.68. The van der Waals surface area contributed by atoms with E-state index >= 15 is 0 Å². The fourth-order valence-corrected chi connectivity index (χ4v) is 3.27. The number of rotatable bonds is 5. The van der Waals surface area contributed by atoms with Gasteiger partial charge in [0.1, 0.15) is 4.90 Å². The monoisotopic (exact) mass is 310 g/mol. The van der Waals surface area contributed by atoms with Crippen LogP contribution in [0.25, 0.3) is 0 Å². The second-order valence-electron chi connectivity index (χ2n) is 4.48. The highest BCUT2D eigenvalue weighted by atomic mass is 35.5.